The van der Waals surface area contributed by atoms with Gasteiger partial charge in [0.25, 0.3) is 0 Å². The molecule has 0 heterocycles. The predicted molar refractivity (Wildman–Crippen MR) is 108 cm³/mol. The first-order chi connectivity index (χ1) is 10.8. The second kappa shape index (κ2) is 12.8. The molecule has 0 aliphatic rings. The van der Waals surface area contributed by atoms with Gasteiger partial charge in [0.15, 0.2) is 0 Å². The summed E-state index contributed by atoms with van der Waals surface area (Å²) in [5, 5.41) is 0. The number of unbranched alkanes of at least 4 members (excludes halogenated alkanes) is 3. The van der Waals surface area contributed by atoms with Crippen LogP contribution in [0.15, 0.2) is 30.3 Å². The average molecular weight is 427 g/mol. The predicted octanol–water partition coefficient (Wildman–Crippen LogP) is 7.31. The molecule has 0 atom stereocenters. The molecule has 0 aliphatic carbocycles. The Morgan fingerprint density at radius 2 is 1.27 bits per heavy atom. The molecule has 22 heavy (non-hydrogen) atoms. The van der Waals surface area contributed by atoms with Crippen LogP contribution >= 0.6 is 11.8 Å². The quantitative estimate of drug-likeness (QED) is 0.298. The molecule has 0 aliphatic heterocycles. The van der Waals surface area contributed by atoms with Gasteiger partial charge in [-0.15, -0.1) is 0 Å². The molecular weight excluding hydrogens is 391 g/mol. The van der Waals surface area contributed by atoms with Gasteiger partial charge in [0.1, 0.15) is 0 Å². The fourth-order valence-electron chi connectivity index (χ4n) is 3.21. The van der Waals surface area contributed by atoms with E-state index in [0.29, 0.717) is 0 Å². The molecule has 0 nitrogen and oxygen atoms in total. The molecule has 0 aromatic heterocycles. The number of hydrogen-bond acceptors (Lipinski definition) is 1. The molecule has 1 aromatic carbocycles. The van der Waals surface area contributed by atoms with Crippen molar-refractivity contribution in [2.75, 3.05) is 3.77 Å². The first-order valence-corrected chi connectivity index (χ1v) is 18.6. The van der Waals surface area contributed by atoms with Gasteiger partial charge in [0, 0.05) is 0 Å². The molecule has 0 N–H and O–H groups in total. The van der Waals surface area contributed by atoms with Gasteiger partial charge in [-0.3, -0.25) is 0 Å². The van der Waals surface area contributed by atoms with Crippen LogP contribution in [0, 0.1) is 0 Å². The number of thioether (sulfide) groups is 1. The van der Waals surface area contributed by atoms with E-state index < -0.39 is 18.4 Å². The van der Waals surface area contributed by atoms with Crippen molar-refractivity contribution in [1.29, 1.82) is 0 Å². The second-order valence-electron chi connectivity index (χ2n) is 6.79. The number of rotatable bonds is 13. The summed E-state index contributed by atoms with van der Waals surface area (Å²) in [4.78, 5) is 0. The molecule has 0 spiro atoms. The Labute approximate surface area is 147 Å². The van der Waals surface area contributed by atoms with E-state index in [1.54, 1.807) is 17.1 Å². The Morgan fingerprint density at radius 1 is 0.773 bits per heavy atom. The van der Waals surface area contributed by atoms with Crippen molar-refractivity contribution in [1.82, 2.24) is 0 Å². The zero-order valence-corrected chi connectivity index (χ0v) is 18.7. The molecule has 0 saturated carbocycles. The molecule has 0 unspecified atom stereocenters. The summed E-state index contributed by atoms with van der Waals surface area (Å²) in [5.74, 6) is 1.23. The van der Waals surface area contributed by atoms with Crippen LogP contribution in [0.3, 0.4) is 0 Å². The van der Waals surface area contributed by atoms with Crippen LogP contribution in [-0.4, -0.2) is 22.1 Å². The van der Waals surface area contributed by atoms with Crippen molar-refractivity contribution in [2.45, 2.75) is 78.4 Å². The van der Waals surface area contributed by atoms with E-state index in [1.807, 2.05) is 0 Å². The zero-order valence-electron chi connectivity index (χ0n) is 15.1. The van der Waals surface area contributed by atoms with E-state index in [0.717, 1.165) is 0 Å². The molecule has 1 aromatic rings. The molecule has 0 radical (unpaired) electrons. The second-order valence-corrected chi connectivity index (χ2v) is 23.1. The zero-order chi connectivity index (χ0) is 16.1. The van der Waals surface area contributed by atoms with Gasteiger partial charge in [0.05, 0.1) is 0 Å². The van der Waals surface area contributed by atoms with Crippen molar-refractivity contribution >= 4 is 30.1 Å². The van der Waals surface area contributed by atoms with E-state index in [1.165, 1.54) is 49.8 Å². The number of benzene rings is 1. The van der Waals surface area contributed by atoms with Gasteiger partial charge in [-0.05, 0) is 0 Å². The minimum absolute atomic E-state index is 1.23. The summed E-state index contributed by atoms with van der Waals surface area (Å²) in [7, 11) is 0. The molecule has 0 amide bonds. The van der Waals surface area contributed by atoms with Crippen LogP contribution in [0.25, 0.3) is 0 Å². The fraction of sp³-hybridized carbons (Fsp3) is 0.700. The fourth-order valence-corrected chi connectivity index (χ4v) is 24.5. The third-order valence-corrected chi connectivity index (χ3v) is 25.2. The van der Waals surface area contributed by atoms with Crippen LogP contribution in [0.2, 0.25) is 13.3 Å². The number of hydrogen-bond donors (Lipinski definition) is 0. The molecule has 2 heteroatoms. The Balaban J connectivity index is 2.59. The Morgan fingerprint density at radius 3 is 1.73 bits per heavy atom. The van der Waals surface area contributed by atoms with Gasteiger partial charge in [0.2, 0.25) is 0 Å². The van der Waals surface area contributed by atoms with Crippen molar-refractivity contribution in [2.24, 2.45) is 0 Å². The van der Waals surface area contributed by atoms with Crippen LogP contribution in [0.1, 0.15) is 64.9 Å². The van der Waals surface area contributed by atoms with Crippen LogP contribution < -0.4 is 0 Å². The summed E-state index contributed by atoms with van der Waals surface area (Å²) in [5.41, 5.74) is 1.51. The SMILES string of the molecule is CCC[CH2][Sn]([CH2]CCC)([CH2]CCC)[CH2]SCc1ccccc1. The topological polar surface area (TPSA) is 0 Å². The normalized spacial score (nSPS) is 11.8. The van der Waals surface area contributed by atoms with Crippen molar-refractivity contribution < 1.29 is 0 Å². The van der Waals surface area contributed by atoms with Crippen LogP contribution in [-0.2, 0) is 5.75 Å². The summed E-state index contributed by atoms with van der Waals surface area (Å²) in [6.45, 7) is 7.11. The average Bonchev–Trinajstić information content (AvgIpc) is 2.57. The molecule has 0 saturated heterocycles. The summed E-state index contributed by atoms with van der Waals surface area (Å²) in [6.07, 6.45) is 8.65. The van der Waals surface area contributed by atoms with Gasteiger partial charge in [-0.2, -0.15) is 0 Å². The van der Waals surface area contributed by atoms with E-state index in [-0.39, 0.29) is 0 Å². The van der Waals surface area contributed by atoms with E-state index in [2.05, 4.69) is 62.9 Å². The van der Waals surface area contributed by atoms with Crippen molar-refractivity contribution in [3.05, 3.63) is 35.9 Å². The standard InChI is InChI=1S/C8H9S.3C4H9.Sn/c1-9-7-8-5-3-2-4-6-8;3*1-3-4-2;/h2-6H,1,7H2;3*1,3-4H2,2H3;. The first kappa shape index (κ1) is 20.4. The van der Waals surface area contributed by atoms with E-state index >= 15 is 0 Å². The molecular formula is C20H36SSn. The van der Waals surface area contributed by atoms with Crippen molar-refractivity contribution in [3.8, 4) is 0 Å². The molecule has 1 rings (SSSR count). The van der Waals surface area contributed by atoms with Gasteiger partial charge >= 0.3 is 148 Å². The summed E-state index contributed by atoms with van der Waals surface area (Å²) < 4.78 is 6.50. The third-order valence-electron chi connectivity index (χ3n) is 4.70. The minimum atomic E-state index is -1.89. The van der Waals surface area contributed by atoms with Gasteiger partial charge < -0.3 is 0 Å². The van der Waals surface area contributed by atoms with Gasteiger partial charge in [-0.25, -0.2) is 0 Å². The first-order valence-electron chi connectivity index (χ1n) is 9.38. The third kappa shape index (κ3) is 8.29. The Hall–Kier alpha value is 0.369. The van der Waals surface area contributed by atoms with Crippen molar-refractivity contribution in [3.63, 3.8) is 0 Å². The maximum atomic E-state index is 2.37. The molecule has 0 fully saturated rings. The molecule has 126 valence electrons. The summed E-state index contributed by atoms with van der Waals surface area (Å²) >= 11 is 0.365. The Bertz CT molecular complexity index is 341. The van der Waals surface area contributed by atoms with E-state index in [4.69, 9.17) is 0 Å². The molecule has 0 bridgehead atoms. The maximum absolute atomic E-state index is 2.37. The van der Waals surface area contributed by atoms with Crippen LogP contribution in [0.4, 0.5) is 0 Å². The van der Waals surface area contributed by atoms with E-state index in [9.17, 15) is 0 Å². The Kier molecular flexibility index (Phi) is 11.8. The monoisotopic (exact) mass is 428 g/mol. The summed E-state index contributed by atoms with van der Waals surface area (Å²) in [6, 6.07) is 11.1. The van der Waals surface area contributed by atoms with Crippen LogP contribution in [0.5, 0.6) is 0 Å². The van der Waals surface area contributed by atoms with Gasteiger partial charge in [-0.1, -0.05) is 0 Å².